The van der Waals surface area contributed by atoms with Crippen molar-refractivity contribution in [3.8, 4) is 0 Å². The number of piperidine rings is 1. The molecule has 1 saturated carbocycles. The van der Waals surface area contributed by atoms with Gasteiger partial charge in [0.05, 0.1) is 0 Å². The zero-order chi connectivity index (χ0) is 8.39. The Morgan fingerprint density at radius 1 is 1.25 bits per heavy atom. The largest absolute Gasteiger partial charge is 0.312 e. The lowest BCUT2D eigenvalue weighted by molar-refractivity contribution is 0.181. The summed E-state index contributed by atoms with van der Waals surface area (Å²) in [5, 5.41) is 3.62. The van der Waals surface area contributed by atoms with Crippen molar-refractivity contribution < 1.29 is 0 Å². The Morgan fingerprint density at radius 3 is 2.75 bits per heavy atom. The summed E-state index contributed by atoms with van der Waals surface area (Å²) >= 11 is 0. The van der Waals surface area contributed by atoms with Crippen LogP contribution in [0.5, 0.6) is 0 Å². The monoisotopic (exact) mass is 168 g/mol. The Hall–Kier alpha value is -0.0800. The van der Waals surface area contributed by atoms with Crippen LogP contribution in [0, 0.1) is 0 Å². The molecule has 2 heteroatoms. The first-order chi connectivity index (χ1) is 5.86. The van der Waals surface area contributed by atoms with Gasteiger partial charge in [-0.2, -0.15) is 0 Å². The number of rotatable bonds is 3. The first-order valence-corrected chi connectivity index (χ1v) is 5.30. The Kier molecular flexibility index (Phi) is 2.66. The molecule has 1 N–H and O–H groups in total. The predicted molar refractivity (Wildman–Crippen MR) is 51.3 cm³/mol. The van der Waals surface area contributed by atoms with Gasteiger partial charge in [-0.15, -0.1) is 0 Å². The summed E-state index contributed by atoms with van der Waals surface area (Å²) in [6.07, 6.45) is 7.06. The number of likely N-dealkylation sites (N-methyl/N-ethyl adjacent to an activating group) is 1. The second-order valence-corrected chi connectivity index (χ2v) is 4.31. The molecule has 1 saturated heterocycles. The molecule has 1 atom stereocenters. The summed E-state index contributed by atoms with van der Waals surface area (Å²) in [6.45, 7) is 2.53. The number of nitrogens with one attached hydrogen (secondary N) is 1. The van der Waals surface area contributed by atoms with E-state index in [4.69, 9.17) is 0 Å². The van der Waals surface area contributed by atoms with Gasteiger partial charge in [-0.1, -0.05) is 6.42 Å². The standard InChI is InChI=1S/C10H20N2/c1-12-7-3-2-4-10(12)8-11-9-5-6-9/h9-11H,2-8H2,1H3. The molecule has 0 radical (unpaired) electrons. The van der Waals surface area contributed by atoms with Crippen LogP contribution in [0.4, 0.5) is 0 Å². The predicted octanol–water partition coefficient (Wildman–Crippen LogP) is 1.22. The smallest absolute Gasteiger partial charge is 0.0217 e. The third-order valence-electron chi connectivity index (χ3n) is 3.14. The van der Waals surface area contributed by atoms with Crippen molar-refractivity contribution in [2.24, 2.45) is 0 Å². The minimum Gasteiger partial charge on any atom is -0.312 e. The molecule has 70 valence electrons. The zero-order valence-electron chi connectivity index (χ0n) is 8.05. The van der Waals surface area contributed by atoms with E-state index in [0.29, 0.717) is 0 Å². The van der Waals surface area contributed by atoms with Gasteiger partial charge in [0.15, 0.2) is 0 Å². The first kappa shape index (κ1) is 8.52. The lowest BCUT2D eigenvalue weighted by Crippen LogP contribution is -2.43. The zero-order valence-corrected chi connectivity index (χ0v) is 8.05. The van der Waals surface area contributed by atoms with E-state index in [2.05, 4.69) is 17.3 Å². The molecular formula is C10H20N2. The summed E-state index contributed by atoms with van der Waals surface area (Å²) < 4.78 is 0. The topological polar surface area (TPSA) is 15.3 Å². The molecule has 0 aromatic carbocycles. The number of nitrogens with zero attached hydrogens (tertiary/aromatic N) is 1. The van der Waals surface area contributed by atoms with Crippen LogP contribution in [0.1, 0.15) is 32.1 Å². The van der Waals surface area contributed by atoms with Crippen molar-refractivity contribution in [1.82, 2.24) is 10.2 Å². The Morgan fingerprint density at radius 2 is 2.08 bits per heavy atom. The minimum atomic E-state index is 0.819. The van der Waals surface area contributed by atoms with Crippen molar-refractivity contribution in [2.75, 3.05) is 20.1 Å². The van der Waals surface area contributed by atoms with E-state index in [1.807, 2.05) is 0 Å². The van der Waals surface area contributed by atoms with Gasteiger partial charge in [0, 0.05) is 18.6 Å². The average Bonchev–Trinajstić information content (AvgIpc) is 2.86. The lowest BCUT2D eigenvalue weighted by Gasteiger charge is -2.32. The fraction of sp³-hybridized carbons (Fsp3) is 1.00. The molecular weight excluding hydrogens is 148 g/mol. The highest BCUT2D eigenvalue weighted by atomic mass is 15.2. The lowest BCUT2D eigenvalue weighted by atomic mass is 10.0. The molecule has 1 unspecified atom stereocenters. The van der Waals surface area contributed by atoms with Crippen LogP contribution in [0.25, 0.3) is 0 Å². The second kappa shape index (κ2) is 3.75. The molecule has 2 fully saturated rings. The van der Waals surface area contributed by atoms with Crippen LogP contribution in [0.2, 0.25) is 0 Å². The molecule has 2 aliphatic rings. The summed E-state index contributed by atoms with van der Waals surface area (Å²) in [4.78, 5) is 2.51. The SMILES string of the molecule is CN1CCCCC1CNC1CC1. The number of hydrogen-bond acceptors (Lipinski definition) is 2. The maximum Gasteiger partial charge on any atom is 0.0217 e. The van der Waals surface area contributed by atoms with Crippen LogP contribution >= 0.6 is 0 Å². The van der Waals surface area contributed by atoms with E-state index in [1.54, 1.807) is 0 Å². The van der Waals surface area contributed by atoms with E-state index in [9.17, 15) is 0 Å². The van der Waals surface area contributed by atoms with E-state index in [-0.39, 0.29) is 0 Å². The van der Waals surface area contributed by atoms with E-state index >= 15 is 0 Å². The molecule has 12 heavy (non-hydrogen) atoms. The van der Waals surface area contributed by atoms with Gasteiger partial charge in [-0.05, 0) is 39.3 Å². The van der Waals surface area contributed by atoms with Gasteiger partial charge in [0.1, 0.15) is 0 Å². The Labute approximate surface area is 75.3 Å². The summed E-state index contributed by atoms with van der Waals surface area (Å²) in [6, 6.07) is 1.69. The van der Waals surface area contributed by atoms with E-state index in [0.717, 1.165) is 12.1 Å². The van der Waals surface area contributed by atoms with E-state index in [1.165, 1.54) is 45.2 Å². The van der Waals surface area contributed by atoms with Gasteiger partial charge < -0.3 is 10.2 Å². The quantitative estimate of drug-likeness (QED) is 0.681. The molecule has 2 rings (SSSR count). The van der Waals surface area contributed by atoms with Crippen LogP contribution in [-0.2, 0) is 0 Å². The highest BCUT2D eigenvalue weighted by molar-refractivity contribution is 4.84. The maximum absolute atomic E-state index is 3.62. The number of likely N-dealkylation sites (tertiary alicyclic amines) is 1. The van der Waals surface area contributed by atoms with Gasteiger partial charge in [0.25, 0.3) is 0 Å². The fourth-order valence-corrected chi connectivity index (χ4v) is 1.99. The summed E-state index contributed by atoms with van der Waals surface area (Å²) in [7, 11) is 2.26. The Bertz CT molecular complexity index is 143. The molecule has 2 nitrogen and oxygen atoms in total. The molecule has 0 bridgehead atoms. The molecule has 0 aromatic rings. The molecule has 1 aliphatic carbocycles. The van der Waals surface area contributed by atoms with Gasteiger partial charge in [-0.25, -0.2) is 0 Å². The number of hydrogen-bond donors (Lipinski definition) is 1. The molecule has 0 spiro atoms. The highest BCUT2D eigenvalue weighted by Crippen LogP contribution is 2.20. The third kappa shape index (κ3) is 2.20. The first-order valence-electron chi connectivity index (χ1n) is 5.30. The van der Waals surface area contributed by atoms with Crippen LogP contribution in [0.15, 0.2) is 0 Å². The molecule has 0 aromatic heterocycles. The minimum absolute atomic E-state index is 0.819. The van der Waals surface area contributed by atoms with Crippen molar-refractivity contribution in [3.63, 3.8) is 0 Å². The highest BCUT2D eigenvalue weighted by Gasteiger charge is 2.24. The van der Waals surface area contributed by atoms with Crippen molar-refractivity contribution >= 4 is 0 Å². The molecule has 0 amide bonds. The maximum atomic E-state index is 3.62. The van der Waals surface area contributed by atoms with Crippen molar-refractivity contribution in [3.05, 3.63) is 0 Å². The van der Waals surface area contributed by atoms with Crippen LogP contribution < -0.4 is 5.32 Å². The average molecular weight is 168 g/mol. The van der Waals surface area contributed by atoms with E-state index < -0.39 is 0 Å². The van der Waals surface area contributed by atoms with Crippen molar-refractivity contribution in [1.29, 1.82) is 0 Å². The van der Waals surface area contributed by atoms with Gasteiger partial charge >= 0.3 is 0 Å². The summed E-state index contributed by atoms with van der Waals surface area (Å²) in [5.41, 5.74) is 0. The molecule has 1 heterocycles. The van der Waals surface area contributed by atoms with Crippen LogP contribution in [-0.4, -0.2) is 37.1 Å². The third-order valence-corrected chi connectivity index (χ3v) is 3.14. The summed E-state index contributed by atoms with van der Waals surface area (Å²) in [5.74, 6) is 0. The van der Waals surface area contributed by atoms with Crippen LogP contribution in [0.3, 0.4) is 0 Å². The molecule has 1 aliphatic heterocycles. The normalized spacial score (nSPS) is 32.2. The van der Waals surface area contributed by atoms with Gasteiger partial charge in [0.2, 0.25) is 0 Å². The van der Waals surface area contributed by atoms with Gasteiger partial charge in [-0.3, -0.25) is 0 Å². The Balaban J connectivity index is 1.68. The van der Waals surface area contributed by atoms with Crippen molar-refractivity contribution in [2.45, 2.75) is 44.2 Å². The fourth-order valence-electron chi connectivity index (χ4n) is 1.99. The second-order valence-electron chi connectivity index (χ2n) is 4.31.